The van der Waals surface area contributed by atoms with E-state index in [-0.39, 0.29) is 18.0 Å². The molecule has 0 heterocycles. The lowest BCUT2D eigenvalue weighted by Crippen LogP contribution is -2.43. The summed E-state index contributed by atoms with van der Waals surface area (Å²) in [7, 11) is 4.25. The summed E-state index contributed by atoms with van der Waals surface area (Å²) in [6, 6.07) is 0.339. The molecule has 0 spiro atoms. The van der Waals surface area contributed by atoms with Crippen molar-refractivity contribution in [3.8, 4) is 0 Å². The molecule has 1 saturated carbocycles. The fourth-order valence-corrected chi connectivity index (χ4v) is 7.24. The fraction of sp³-hybridized carbons (Fsp3) is 0.804. The van der Waals surface area contributed by atoms with Crippen LogP contribution in [0.25, 0.3) is 0 Å². The number of hydrogen-bond acceptors (Lipinski definition) is 3. The zero-order valence-electron chi connectivity index (χ0n) is 33.3. The van der Waals surface area contributed by atoms with Gasteiger partial charge in [-0.25, -0.2) is 0 Å². The van der Waals surface area contributed by atoms with Crippen molar-refractivity contribution >= 4 is 5.97 Å². The number of allylic oxidation sites excluding steroid dienone is 8. The Morgan fingerprint density at radius 3 is 1.37 bits per heavy atom. The molecule has 1 aliphatic rings. The molecule has 1 rings (SSSR count). The molecule has 0 amide bonds. The van der Waals surface area contributed by atoms with Crippen molar-refractivity contribution in [3.05, 3.63) is 48.6 Å². The number of carbonyl (C=O) groups excluding carboxylic acids is 1. The summed E-state index contributed by atoms with van der Waals surface area (Å²) in [6.07, 6.45) is 55.9. The third-order valence-corrected chi connectivity index (χ3v) is 10.4. The summed E-state index contributed by atoms with van der Waals surface area (Å²) in [5, 5.41) is 0. The molecular weight excluding hydrogens is 599 g/mol. The largest absolute Gasteiger partial charge is 0.462 e. The van der Waals surface area contributed by atoms with E-state index in [4.69, 9.17) is 4.74 Å². The molecule has 49 heavy (non-hydrogen) atoms. The van der Waals surface area contributed by atoms with Gasteiger partial charge in [0.1, 0.15) is 6.10 Å². The van der Waals surface area contributed by atoms with Crippen molar-refractivity contribution in [2.45, 2.75) is 219 Å². The van der Waals surface area contributed by atoms with Crippen LogP contribution in [0, 0.1) is 5.92 Å². The molecule has 0 aromatic heterocycles. The average molecular weight is 682 g/mol. The second kappa shape index (κ2) is 34.8. The van der Waals surface area contributed by atoms with Crippen molar-refractivity contribution in [2.24, 2.45) is 5.92 Å². The van der Waals surface area contributed by atoms with Gasteiger partial charge in [-0.3, -0.25) is 4.79 Å². The van der Waals surface area contributed by atoms with Crippen LogP contribution in [0.2, 0.25) is 0 Å². The Bertz CT molecular complexity index is 792. The smallest absolute Gasteiger partial charge is 0.310 e. The SMILES string of the molecule is CCCCC/C=C\C/C=C\CCCCCCCCC(CCCCCCCC/C=C\C/C=C\CCCCC)OC(=O)C1CCCCC1N(C)C. The van der Waals surface area contributed by atoms with Gasteiger partial charge in [0.25, 0.3) is 0 Å². The van der Waals surface area contributed by atoms with Gasteiger partial charge in [0.15, 0.2) is 0 Å². The highest BCUT2D eigenvalue weighted by atomic mass is 16.5. The van der Waals surface area contributed by atoms with Gasteiger partial charge >= 0.3 is 5.97 Å². The second-order valence-corrected chi connectivity index (χ2v) is 15.2. The molecule has 0 aliphatic heterocycles. The molecule has 0 saturated heterocycles. The molecule has 0 N–H and O–H groups in total. The molecule has 1 fully saturated rings. The van der Waals surface area contributed by atoms with Crippen molar-refractivity contribution in [1.29, 1.82) is 0 Å². The van der Waals surface area contributed by atoms with Crippen LogP contribution in [0.4, 0.5) is 0 Å². The summed E-state index contributed by atoms with van der Waals surface area (Å²) < 4.78 is 6.33. The Labute approximate surface area is 306 Å². The van der Waals surface area contributed by atoms with E-state index in [1.54, 1.807) is 0 Å². The van der Waals surface area contributed by atoms with Crippen LogP contribution >= 0.6 is 0 Å². The number of esters is 1. The van der Waals surface area contributed by atoms with E-state index in [0.29, 0.717) is 6.04 Å². The molecule has 3 nitrogen and oxygen atoms in total. The first-order valence-corrected chi connectivity index (χ1v) is 21.6. The summed E-state index contributed by atoms with van der Waals surface area (Å²) in [4.78, 5) is 15.7. The summed E-state index contributed by atoms with van der Waals surface area (Å²) >= 11 is 0. The second-order valence-electron chi connectivity index (χ2n) is 15.2. The highest BCUT2D eigenvalue weighted by molar-refractivity contribution is 5.73. The van der Waals surface area contributed by atoms with Crippen LogP contribution in [-0.2, 0) is 9.53 Å². The van der Waals surface area contributed by atoms with E-state index in [1.807, 2.05) is 0 Å². The van der Waals surface area contributed by atoms with Crippen molar-refractivity contribution in [1.82, 2.24) is 4.90 Å². The monoisotopic (exact) mass is 682 g/mol. The maximum atomic E-state index is 13.4. The number of nitrogens with zero attached hydrogens (tertiary/aromatic N) is 1. The predicted molar refractivity (Wildman–Crippen MR) is 217 cm³/mol. The van der Waals surface area contributed by atoms with E-state index in [9.17, 15) is 4.79 Å². The van der Waals surface area contributed by atoms with Crippen LogP contribution in [0.5, 0.6) is 0 Å². The normalized spacial score (nSPS) is 17.3. The van der Waals surface area contributed by atoms with E-state index in [0.717, 1.165) is 44.9 Å². The lowest BCUT2D eigenvalue weighted by Gasteiger charge is -2.35. The lowest BCUT2D eigenvalue weighted by molar-refractivity contribution is -0.158. The summed E-state index contributed by atoms with van der Waals surface area (Å²) in [6.45, 7) is 4.53. The maximum Gasteiger partial charge on any atom is 0.310 e. The highest BCUT2D eigenvalue weighted by Gasteiger charge is 2.34. The van der Waals surface area contributed by atoms with Gasteiger partial charge in [0.05, 0.1) is 5.92 Å². The maximum absolute atomic E-state index is 13.4. The van der Waals surface area contributed by atoms with E-state index in [1.165, 1.54) is 148 Å². The van der Waals surface area contributed by atoms with Crippen LogP contribution in [0.1, 0.15) is 206 Å². The van der Waals surface area contributed by atoms with Crippen molar-refractivity contribution in [3.63, 3.8) is 0 Å². The van der Waals surface area contributed by atoms with Crippen LogP contribution in [0.15, 0.2) is 48.6 Å². The van der Waals surface area contributed by atoms with Gasteiger partial charge in [0, 0.05) is 6.04 Å². The first kappa shape index (κ1) is 45.4. The molecule has 2 atom stereocenters. The number of ether oxygens (including phenoxy) is 1. The Morgan fingerprint density at radius 1 is 0.551 bits per heavy atom. The minimum absolute atomic E-state index is 0.0537. The number of carbonyl (C=O) groups is 1. The molecule has 0 aromatic rings. The first-order chi connectivity index (χ1) is 24.1. The predicted octanol–water partition coefficient (Wildman–Crippen LogP) is 14.4. The topological polar surface area (TPSA) is 29.5 Å². The zero-order chi connectivity index (χ0) is 35.5. The van der Waals surface area contributed by atoms with Crippen molar-refractivity contribution in [2.75, 3.05) is 14.1 Å². The summed E-state index contributed by atoms with van der Waals surface area (Å²) in [5.41, 5.74) is 0. The Kier molecular flexibility index (Phi) is 32.3. The summed E-state index contributed by atoms with van der Waals surface area (Å²) in [5.74, 6) is 0.140. The highest BCUT2D eigenvalue weighted by Crippen LogP contribution is 2.29. The average Bonchev–Trinajstić information content (AvgIpc) is 3.11. The van der Waals surface area contributed by atoms with Crippen LogP contribution < -0.4 is 0 Å². The van der Waals surface area contributed by atoms with Gasteiger partial charge in [-0.2, -0.15) is 0 Å². The Hall–Kier alpha value is -1.61. The number of rotatable bonds is 33. The standard InChI is InChI=1S/C46H83NO2/c1-5-7-9-11-13-15-17-19-21-23-25-27-29-31-33-35-39-43(49-46(48)44-41-37-38-42-45(44)47(3)4)40-36-34-32-30-28-26-24-22-20-18-16-14-12-10-8-6-2/h13-16,19-22,43-45H,5-12,17-18,23-42H2,1-4H3/b15-13-,16-14-,21-19-,22-20-. The molecule has 3 heteroatoms. The van der Waals surface area contributed by atoms with Gasteiger partial charge in [-0.05, 0) is 117 Å². The first-order valence-electron chi connectivity index (χ1n) is 21.6. The van der Waals surface area contributed by atoms with Gasteiger partial charge < -0.3 is 9.64 Å². The molecule has 284 valence electrons. The Morgan fingerprint density at radius 2 is 0.939 bits per heavy atom. The van der Waals surface area contributed by atoms with E-state index in [2.05, 4.69) is 81.5 Å². The zero-order valence-corrected chi connectivity index (χ0v) is 33.3. The third kappa shape index (κ3) is 27.8. The molecule has 0 aromatic carbocycles. The van der Waals surface area contributed by atoms with Gasteiger partial charge in [0.2, 0.25) is 0 Å². The third-order valence-electron chi connectivity index (χ3n) is 10.4. The van der Waals surface area contributed by atoms with Crippen LogP contribution in [0.3, 0.4) is 0 Å². The molecule has 0 bridgehead atoms. The molecule has 2 unspecified atom stereocenters. The quantitative estimate of drug-likeness (QED) is 0.0392. The minimum atomic E-state index is 0.0537. The fourth-order valence-electron chi connectivity index (χ4n) is 7.24. The molecular formula is C46H83NO2. The molecule has 1 aliphatic carbocycles. The van der Waals surface area contributed by atoms with Crippen LogP contribution in [-0.4, -0.2) is 37.1 Å². The minimum Gasteiger partial charge on any atom is -0.462 e. The Balaban J connectivity index is 2.27. The number of unbranched alkanes of at least 4 members (excludes halogenated alkanes) is 18. The molecule has 0 radical (unpaired) electrons. The number of hydrogen-bond donors (Lipinski definition) is 0. The van der Waals surface area contributed by atoms with Crippen molar-refractivity contribution < 1.29 is 9.53 Å². The van der Waals surface area contributed by atoms with E-state index >= 15 is 0 Å². The van der Waals surface area contributed by atoms with Gasteiger partial charge in [-0.15, -0.1) is 0 Å². The van der Waals surface area contributed by atoms with E-state index < -0.39 is 0 Å². The van der Waals surface area contributed by atoms with Gasteiger partial charge in [-0.1, -0.05) is 152 Å². The lowest BCUT2D eigenvalue weighted by atomic mass is 9.84.